The molecule has 2 aromatic heterocycles. The first-order valence-electron chi connectivity index (χ1n) is 8.11. The zero-order valence-corrected chi connectivity index (χ0v) is 14.1. The number of halogens is 5. The largest absolute Gasteiger partial charge is 0.416 e. The van der Waals surface area contributed by atoms with Crippen molar-refractivity contribution in [1.29, 1.82) is 0 Å². The van der Waals surface area contributed by atoms with E-state index in [9.17, 15) is 22.0 Å². The number of alkyl halides is 3. The van der Waals surface area contributed by atoms with Crippen LogP contribution in [0, 0.1) is 11.6 Å². The number of hydrogen-bond donors (Lipinski definition) is 0. The number of para-hydroxylation sites is 1. The van der Waals surface area contributed by atoms with Crippen LogP contribution in [0.4, 0.5) is 22.0 Å². The minimum absolute atomic E-state index is 0.0197. The third-order valence-corrected chi connectivity index (χ3v) is 4.20. The summed E-state index contributed by atoms with van der Waals surface area (Å²) in [5.41, 5.74) is -0.951. The number of benzene rings is 2. The maximum Gasteiger partial charge on any atom is 0.416 e. The van der Waals surface area contributed by atoms with Gasteiger partial charge in [-0.25, -0.2) is 8.78 Å². The first-order valence-corrected chi connectivity index (χ1v) is 8.11. The summed E-state index contributed by atoms with van der Waals surface area (Å²) < 4.78 is 69.3. The van der Waals surface area contributed by atoms with Crippen LogP contribution in [0.25, 0.3) is 22.2 Å². The summed E-state index contributed by atoms with van der Waals surface area (Å²) in [5.74, 6) is -1.52. The fourth-order valence-corrected chi connectivity index (χ4v) is 2.95. The van der Waals surface area contributed by atoms with Gasteiger partial charge in [0, 0.05) is 23.3 Å². The Morgan fingerprint density at radius 1 is 0.964 bits per heavy atom. The average Bonchev–Trinajstić information content (AvgIpc) is 3.01. The highest BCUT2D eigenvalue weighted by Crippen LogP contribution is 2.36. The van der Waals surface area contributed by atoms with E-state index >= 15 is 0 Å². The molecule has 0 aliphatic carbocycles. The molecule has 4 nitrogen and oxygen atoms in total. The number of fused-ring (bicyclic) bond motifs is 1. The normalized spacial score (nSPS) is 11.9. The number of aromatic nitrogens is 4. The van der Waals surface area contributed by atoms with Crippen LogP contribution in [-0.4, -0.2) is 19.7 Å². The highest BCUT2D eigenvalue weighted by Gasteiger charge is 2.32. The summed E-state index contributed by atoms with van der Waals surface area (Å²) in [6.45, 7) is 0.0197. The molecular weight excluding hydrogens is 379 g/mol. The average molecular weight is 390 g/mol. The van der Waals surface area contributed by atoms with Gasteiger partial charge in [0.2, 0.25) is 0 Å². The summed E-state index contributed by atoms with van der Waals surface area (Å²) in [7, 11) is 0. The minimum Gasteiger partial charge on any atom is -0.261 e. The Hall–Kier alpha value is -3.36. The van der Waals surface area contributed by atoms with Crippen molar-refractivity contribution < 1.29 is 22.0 Å². The van der Waals surface area contributed by atoms with Crippen molar-refractivity contribution >= 4 is 10.9 Å². The van der Waals surface area contributed by atoms with E-state index < -0.39 is 23.4 Å². The van der Waals surface area contributed by atoms with Crippen LogP contribution in [0.1, 0.15) is 11.3 Å². The summed E-state index contributed by atoms with van der Waals surface area (Å²) in [6.07, 6.45) is -0.274. The van der Waals surface area contributed by atoms with Crippen LogP contribution in [0.15, 0.2) is 55.0 Å². The molecular formula is C19H11F5N4. The van der Waals surface area contributed by atoms with Crippen molar-refractivity contribution in [3.63, 3.8) is 0 Å². The first kappa shape index (κ1) is 18.0. The third kappa shape index (κ3) is 3.19. The zero-order chi connectivity index (χ0) is 19.9. The standard InChI is InChI=1S/C19H11F5N4/c20-15-5-4-11(19(22,23)24)8-14(15)17-13-2-1-3-16(21)18(13)28(27-17)10-12-9-25-6-7-26-12/h1-9H,10H2. The number of hydrogen-bond acceptors (Lipinski definition) is 3. The Kier molecular flexibility index (Phi) is 4.29. The molecule has 4 aromatic rings. The predicted octanol–water partition coefficient (Wildman–Crippen LogP) is 4.84. The van der Waals surface area contributed by atoms with Crippen LogP contribution < -0.4 is 0 Å². The molecule has 0 fully saturated rings. The fourth-order valence-electron chi connectivity index (χ4n) is 2.95. The molecule has 2 heterocycles. The second kappa shape index (κ2) is 6.66. The lowest BCUT2D eigenvalue weighted by Gasteiger charge is -2.09. The molecule has 4 rings (SSSR count). The maximum absolute atomic E-state index is 14.5. The van der Waals surface area contributed by atoms with E-state index in [1.54, 1.807) is 0 Å². The van der Waals surface area contributed by atoms with Gasteiger partial charge < -0.3 is 0 Å². The molecule has 9 heteroatoms. The Labute approximate surface area is 155 Å². The summed E-state index contributed by atoms with van der Waals surface area (Å²) >= 11 is 0. The smallest absolute Gasteiger partial charge is 0.261 e. The van der Waals surface area contributed by atoms with Gasteiger partial charge in [0.05, 0.1) is 24.0 Å². The Morgan fingerprint density at radius 3 is 2.50 bits per heavy atom. The maximum atomic E-state index is 14.5. The van der Waals surface area contributed by atoms with Crippen molar-refractivity contribution in [3.8, 4) is 11.3 Å². The van der Waals surface area contributed by atoms with Gasteiger partial charge in [-0.15, -0.1) is 0 Å². The van der Waals surface area contributed by atoms with Crippen molar-refractivity contribution in [2.45, 2.75) is 12.7 Å². The molecule has 0 saturated heterocycles. The van der Waals surface area contributed by atoms with Crippen LogP contribution in [-0.2, 0) is 12.7 Å². The molecule has 0 saturated carbocycles. The number of rotatable bonds is 3. The van der Waals surface area contributed by atoms with Crippen LogP contribution in [0.5, 0.6) is 0 Å². The van der Waals surface area contributed by atoms with Gasteiger partial charge in [0.15, 0.2) is 0 Å². The molecule has 28 heavy (non-hydrogen) atoms. The van der Waals surface area contributed by atoms with E-state index in [2.05, 4.69) is 15.1 Å². The SMILES string of the molecule is Fc1ccc(C(F)(F)F)cc1-c1nn(Cc2cnccn2)c2c(F)cccc12. The Balaban J connectivity index is 1.93. The van der Waals surface area contributed by atoms with Crippen LogP contribution in [0.3, 0.4) is 0 Å². The molecule has 0 aliphatic rings. The van der Waals surface area contributed by atoms with Gasteiger partial charge in [-0.05, 0) is 24.3 Å². The monoisotopic (exact) mass is 390 g/mol. The predicted molar refractivity (Wildman–Crippen MR) is 91.2 cm³/mol. The fraction of sp³-hybridized carbons (Fsp3) is 0.105. The lowest BCUT2D eigenvalue weighted by Crippen LogP contribution is -2.06. The van der Waals surface area contributed by atoms with Crippen LogP contribution in [0.2, 0.25) is 0 Å². The summed E-state index contributed by atoms with van der Waals surface area (Å²) in [5, 5.41) is 4.40. The Morgan fingerprint density at radius 2 is 1.79 bits per heavy atom. The molecule has 0 bridgehead atoms. The molecule has 142 valence electrons. The van der Waals surface area contributed by atoms with Gasteiger partial charge >= 0.3 is 6.18 Å². The van der Waals surface area contributed by atoms with Crippen molar-refractivity contribution in [3.05, 3.63) is 77.9 Å². The van der Waals surface area contributed by atoms with Crippen molar-refractivity contribution in [1.82, 2.24) is 19.7 Å². The summed E-state index contributed by atoms with van der Waals surface area (Å²) in [6, 6.07) is 6.12. The van der Waals surface area contributed by atoms with Gasteiger partial charge in [-0.3, -0.25) is 14.6 Å². The van der Waals surface area contributed by atoms with E-state index in [-0.39, 0.29) is 28.7 Å². The highest BCUT2D eigenvalue weighted by atomic mass is 19.4. The second-order valence-corrected chi connectivity index (χ2v) is 6.03. The van der Waals surface area contributed by atoms with Gasteiger partial charge in [-0.2, -0.15) is 18.3 Å². The van der Waals surface area contributed by atoms with E-state index in [1.165, 1.54) is 41.5 Å². The van der Waals surface area contributed by atoms with E-state index in [0.29, 0.717) is 17.8 Å². The van der Waals surface area contributed by atoms with Gasteiger partial charge in [-0.1, -0.05) is 12.1 Å². The lowest BCUT2D eigenvalue weighted by atomic mass is 10.0. The van der Waals surface area contributed by atoms with E-state index in [4.69, 9.17) is 0 Å². The van der Waals surface area contributed by atoms with E-state index in [1.807, 2.05) is 0 Å². The molecule has 0 N–H and O–H groups in total. The van der Waals surface area contributed by atoms with Crippen LogP contribution >= 0.6 is 0 Å². The topological polar surface area (TPSA) is 43.6 Å². The lowest BCUT2D eigenvalue weighted by molar-refractivity contribution is -0.137. The molecule has 0 amide bonds. The van der Waals surface area contributed by atoms with Crippen molar-refractivity contribution in [2.75, 3.05) is 0 Å². The molecule has 0 unspecified atom stereocenters. The Bertz CT molecular complexity index is 1150. The number of nitrogens with zero attached hydrogens (tertiary/aromatic N) is 4. The van der Waals surface area contributed by atoms with Gasteiger partial charge in [0.25, 0.3) is 0 Å². The highest BCUT2D eigenvalue weighted by molar-refractivity contribution is 5.94. The molecule has 2 aromatic carbocycles. The quantitative estimate of drug-likeness (QED) is 0.470. The molecule has 0 aliphatic heterocycles. The second-order valence-electron chi connectivity index (χ2n) is 6.03. The van der Waals surface area contributed by atoms with Gasteiger partial charge in [0.1, 0.15) is 22.8 Å². The zero-order valence-electron chi connectivity index (χ0n) is 14.1. The van der Waals surface area contributed by atoms with E-state index in [0.717, 1.165) is 6.07 Å². The molecule has 0 spiro atoms. The summed E-state index contributed by atoms with van der Waals surface area (Å²) in [4.78, 5) is 8.01. The molecule has 0 atom stereocenters. The first-order chi connectivity index (χ1) is 13.3. The van der Waals surface area contributed by atoms with Crippen molar-refractivity contribution in [2.24, 2.45) is 0 Å². The molecule has 0 radical (unpaired) electrons. The third-order valence-electron chi connectivity index (χ3n) is 4.20. The minimum atomic E-state index is -4.65.